The first-order valence-corrected chi connectivity index (χ1v) is 9.54. The van der Waals surface area contributed by atoms with Gasteiger partial charge in [-0.25, -0.2) is 4.98 Å². The predicted molar refractivity (Wildman–Crippen MR) is 97.4 cm³/mol. The molecule has 0 radical (unpaired) electrons. The van der Waals surface area contributed by atoms with Crippen LogP contribution in [-0.4, -0.2) is 4.98 Å². The average Bonchev–Trinajstić information content (AvgIpc) is 2.45. The quantitative estimate of drug-likeness (QED) is 0.326. The minimum absolute atomic E-state index is 0.483. The van der Waals surface area contributed by atoms with Gasteiger partial charge in [0.25, 0.3) is 0 Å². The largest absolute Gasteiger partial charge is 0.618 e. The Morgan fingerprint density at radius 2 is 1.57 bits per heavy atom. The number of aromatic nitrogens is 2. The minimum Gasteiger partial charge on any atom is -0.618 e. The smallest absolute Gasteiger partial charge is 0.214 e. The summed E-state index contributed by atoms with van der Waals surface area (Å²) in [6, 6.07) is 0. The SMILES string of the molecule is CCCCCCCCc1nc(CC(C)C)c[n+]([O-])c1CC(C)C. The second-order valence-electron chi connectivity index (χ2n) is 7.67. The van der Waals surface area contributed by atoms with E-state index in [1.807, 2.05) is 0 Å². The molecule has 0 aliphatic heterocycles. The molecule has 0 aliphatic rings. The molecule has 0 saturated carbocycles. The summed E-state index contributed by atoms with van der Waals surface area (Å²) in [5.41, 5.74) is 2.88. The van der Waals surface area contributed by atoms with Gasteiger partial charge in [-0.05, 0) is 31.1 Å². The Morgan fingerprint density at radius 3 is 2.17 bits per heavy atom. The molecule has 0 amide bonds. The molecule has 0 spiro atoms. The Hall–Kier alpha value is -1.12. The van der Waals surface area contributed by atoms with Gasteiger partial charge in [0.05, 0.1) is 0 Å². The zero-order chi connectivity index (χ0) is 17.2. The van der Waals surface area contributed by atoms with Gasteiger partial charge < -0.3 is 5.21 Å². The average molecular weight is 321 g/mol. The molecule has 3 nitrogen and oxygen atoms in total. The van der Waals surface area contributed by atoms with Crippen molar-refractivity contribution in [3.05, 3.63) is 28.5 Å². The number of hydrogen-bond donors (Lipinski definition) is 0. The van der Waals surface area contributed by atoms with Crippen LogP contribution in [-0.2, 0) is 19.3 Å². The van der Waals surface area contributed by atoms with Crippen molar-refractivity contribution >= 4 is 0 Å². The van der Waals surface area contributed by atoms with Gasteiger partial charge in [-0.2, -0.15) is 4.73 Å². The van der Waals surface area contributed by atoms with E-state index in [-0.39, 0.29) is 0 Å². The molecule has 3 heteroatoms. The number of rotatable bonds is 11. The molecule has 0 aliphatic carbocycles. The van der Waals surface area contributed by atoms with E-state index in [2.05, 4.69) is 34.6 Å². The molecule has 0 fully saturated rings. The van der Waals surface area contributed by atoms with Crippen LogP contribution in [0.2, 0.25) is 0 Å². The zero-order valence-electron chi connectivity index (χ0n) is 15.9. The molecule has 0 N–H and O–H groups in total. The van der Waals surface area contributed by atoms with Crippen molar-refractivity contribution in [1.82, 2.24) is 4.98 Å². The summed E-state index contributed by atoms with van der Waals surface area (Å²) in [7, 11) is 0. The van der Waals surface area contributed by atoms with Gasteiger partial charge in [-0.1, -0.05) is 66.7 Å². The summed E-state index contributed by atoms with van der Waals surface area (Å²) in [4.78, 5) is 4.84. The van der Waals surface area contributed by atoms with Crippen molar-refractivity contribution in [2.24, 2.45) is 11.8 Å². The molecular formula is C20H36N2O. The highest BCUT2D eigenvalue weighted by Gasteiger charge is 2.18. The monoisotopic (exact) mass is 320 g/mol. The van der Waals surface area contributed by atoms with Crippen LogP contribution in [0.15, 0.2) is 6.20 Å². The summed E-state index contributed by atoms with van der Waals surface area (Å²) >= 11 is 0. The van der Waals surface area contributed by atoms with Crippen LogP contribution in [0.3, 0.4) is 0 Å². The Kier molecular flexibility index (Phi) is 9.20. The molecule has 0 unspecified atom stereocenters. The summed E-state index contributed by atoms with van der Waals surface area (Å²) in [6.07, 6.45) is 12.0. The minimum atomic E-state index is 0.483. The Morgan fingerprint density at radius 1 is 0.957 bits per heavy atom. The zero-order valence-corrected chi connectivity index (χ0v) is 15.9. The lowest BCUT2D eigenvalue weighted by Gasteiger charge is -2.14. The van der Waals surface area contributed by atoms with E-state index in [0.29, 0.717) is 11.8 Å². The highest BCUT2D eigenvalue weighted by Crippen LogP contribution is 2.15. The van der Waals surface area contributed by atoms with Crippen molar-refractivity contribution in [2.75, 3.05) is 0 Å². The lowest BCUT2D eigenvalue weighted by atomic mass is 10.0. The van der Waals surface area contributed by atoms with Crippen molar-refractivity contribution < 1.29 is 4.73 Å². The maximum absolute atomic E-state index is 12.4. The number of unbranched alkanes of at least 4 members (excludes halogenated alkanes) is 5. The molecule has 0 bridgehead atoms. The maximum atomic E-state index is 12.4. The van der Waals surface area contributed by atoms with Crippen LogP contribution in [0.25, 0.3) is 0 Å². The van der Waals surface area contributed by atoms with Gasteiger partial charge in [0, 0.05) is 6.42 Å². The normalized spacial score (nSPS) is 11.6. The molecule has 1 aromatic heterocycles. The third kappa shape index (κ3) is 7.81. The first kappa shape index (κ1) is 19.9. The fourth-order valence-electron chi connectivity index (χ4n) is 2.99. The van der Waals surface area contributed by atoms with Gasteiger partial charge in [0.2, 0.25) is 11.9 Å². The summed E-state index contributed by atoms with van der Waals surface area (Å²) in [5, 5.41) is 12.4. The van der Waals surface area contributed by atoms with E-state index < -0.39 is 0 Å². The predicted octanol–water partition coefficient (Wildman–Crippen LogP) is 5.02. The van der Waals surface area contributed by atoms with Crippen LogP contribution < -0.4 is 4.73 Å². The Balaban J connectivity index is 2.76. The molecule has 1 heterocycles. The fourth-order valence-corrected chi connectivity index (χ4v) is 2.99. The third-order valence-electron chi connectivity index (χ3n) is 4.13. The molecule has 1 rings (SSSR count). The standard InChI is InChI=1S/C20H36N2O/c1-6-7-8-9-10-11-12-19-20(14-17(4)5)22(23)15-18(21-19)13-16(2)3/h15-17H,6-14H2,1-5H3. The van der Waals surface area contributed by atoms with Crippen LogP contribution >= 0.6 is 0 Å². The number of aryl methyl sites for hydroxylation is 1. The summed E-state index contributed by atoms with van der Waals surface area (Å²) in [6.45, 7) is 10.9. The van der Waals surface area contributed by atoms with Gasteiger partial charge in [0.1, 0.15) is 11.4 Å². The van der Waals surface area contributed by atoms with Gasteiger partial charge in [0.15, 0.2) is 0 Å². The van der Waals surface area contributed by atoms with Crippen LogP contribution in [0.4, 0.5) is 0 Å². The van der Waals surface area contributed by atoms with Crippen LogP contribution in [0, 0.1) is 17.0 Å². The molecule has 0 atom stereocenters. The van der Waals surface area contributed by atoms with Crippen LogP contribution in [0.1, 0.15) is 90.2 Å². The summed E-state index contributed by atoms with van der Waals surface area (Å²) < 4.78 is 1.09. The fraction of sp³-hybridized carbons (Fsp3) is 0.800. The Labute approximate surface area is 143 Å². The molecule has 132 valence electrons. The number of hydrogen-bond acceptors (Lipinski definition) is 2. The van der Waals surface area contributed by atoms with E-state index in [0.717, 1.165) is 47.5 Å². The van der Waals surface area contributed by atoms with E-state index in [1.54, 1.807) is 6.20 Å². The first-order valence-electron chi connectivity index (χ1n) is 9.54. The van der Waals surface area contributed by atoms with Gasteiger partial charge in [-0.15, -0.1) is 0 Å². The van der Waals surface area contributed by atoms with E-state index in [9.17, 15) is 5.21 Å². The Bertz CT molecular complexity index is 455. The molecule has 0 aromatic carbocycles. The van der Waals surface area contributed by atoms with Crippen molar-refractivity contribution in [3.8, 4) is 0 Å². The van der Waals surface area contributed by atoms with Crippen LogP contribution in [0.5, 0.6) is 0 Å². The number of nitrogens with zero attached hydrogens (tertiary/aromatic N) is 2. The summed E-state index contributed by atoms with van der Waals surface area (Å²) in [5.74, 6) is 1.01. The highest BCUT2D eigenvalue weighted by molar-refractivity contribution is 5.11. The topological polar surface area (TPSA) is 39.8 Å². The van der Waals surface area contributed by atoms with E-state index >= 15 is 0 Å². The van der Waals surface area contributed by atoms with Gasteiger partial charge in [-0.3, -0.25) is 0 Å². The molecule has 0 saturated heterocycles. The van der Waals surface area contributed by atoms with Crippen molar-refractivity contribution in [1.29, 1.82) is 0 Å². The third-order valence-corrected chi connectivity index (χ3v) is 4.13. The van der Waals surface area contributed by atoms with Crippen molar-refractivity contribution in [2.45, 2.75) is 92.4 Å². The van der Waals surface area contributed by atoms with E-state index in [1.165, 1.54) is 32.1 Å². The van der Waals surface area contributed by atoms with Gasteiger partial charge >= 0.3 is 0 Å². The first-order chi connectivity index (χ1) is 10.9. The lowest BCUT2D eigenvalue weighted by molar-refractivity contribution is -0.616. The highest BCUT2D eigenvalue weighted by atomic mass is 16.5. The second kappa shape index (κ2) is 10.6. The molecule has 1 aromatic rings. The lowest BCUT2D eigenvalue weighted by Crippen LogP contribution is -2.36. The van der Waals surface area contributed by atoms with Crippen molar-refractivity contribution in [3.63, 3.8) is 0 Å². The molecular weight excluding hydrogens is 284 g/mol. The maximum Gasteiger partial charge on any atom is 0.214 e. The second-order valence-corrected chi connectivity index (χ2v) is 7.67. The molecule has 23 heavy (non-hydrogen) atoms. The van der Waals surface area contributed by atoms with E-state index in [4.69, 9.17) is 4.98 Å².